The van der Waals surface area contributed by atoms with Crippen molar-refractivity contribution in [3.8, 4) is 11.4 Å². The van der Waals surface area contributed by atoms with Crippen LogP contribution in [0.5, 0.6) is 0 Å². The van der Waals surface area contributed by atoms with Gasteiger partial charge in [-0.25, -0.2) is 4.98 Å². The summed E-state index contributed by atoms with van der Waals surface area (Å²) in [6.07, 6.45) is 5.55. The molecule has 0 aliphatic carbocycles. The first-order valence-electron chi connectivity index (χ1n) is 9.64. The van der Waals surface area contributed by atoms with Gasteiger partial charge in [0.15, 0.2) is 0 Å². The fraction of sp³-hybridized carbons (Fsp3) is 0.217. The van der Waals surface area contributed by atoms with E-state index < -0.39 is 0 Å². The number of aromatic nitrogens is 2. The predicted octanol–water partition coefficient (Wildman–Crippen LogP) is 3.75. The van der Waals surface area contributed by atoms with Crippen molar-refractivity contribution in [2.45, 2.75) is 18.9 Å². The van der Waals surface area contributed by atoms with Gasteiger partial charge in [-0.1, -0.05) is 54.6 Å². The van der Waals surface area contributed by atoms with Gasteiger partial charge in [-0.2, -0.15) is 0 Å². The van der Waals surface area contributed by atoms with Crippen LogP contribution >= 0.6 is 0 Å². The zero-order chi connectivity index (χ0) is 19.1. The van der Waals surface area contributed by atoms with E-state index in [1.54, 1.807) is 0 Å². The number of pyridine rings is 1. The third kappa shape index (κ3) is 2.59. The van der Waals surface area contributed by atoms with Gasteiger partial charge >= 0.3 is 0 Å². The summed E-state index contributed by atoms with van der Waals surface area (Å²) >= 11 is 0. The van der Waals surface area contributed by atoms with Crippen molar-refractivity contribution in [1.29, 1.82) is 0 Å². The minimum absolute atomic E-state index is 0.00621. The van der Waals surface area contributed by atoms with Crippen molar-refractivity contribution in [2.75, 3.05) is 13.2 Å². The smallest absolute Gasteiger partial charge is 0.256 e. The van der Waals surface area contributed by atoms with E-state index in [0.717, 1.165) is 40.5 Å². The first-order valence-corrected chi connectivity index (χ1v) is 9.64. The van der Waals surface area contributed by atoms with Gasteiger partial charge in [0, 0.05) is 23.7 Å². The molecule has 1 aliphatic rings. The fourth-order valence-electron chi connectivity index (χ4n) is 4.25. The van der Waals surface area contributed by atoms with E-state index in [2.05, 4.69) is 4.98 Å². The van der Waals surface area contributed by atoms with E-state index in [9.17, 15) is 9.90 Å². The predicted molar refractivity (Wildman–Crippen MR) is 109 cm³/mol. The summed E-state index contributed by atoms with van der Waals surface area (Å²) in [6, 6.07) is 17.9. The molecular formula is C23H21N3O2. The van der Waals surface area contributed by atoms with E-state index in [1.165, 1.54) is 0 Å². The van der Waals surface area contributed by atoms with Crippen LogP contribution in [0.1, 0.15) is 23.2 Å². The van der Waals surface area contributed by atoms with Crippen LogP contribution in [0.4, 0.5) is 0 Å². The molecule has 5 nitrogen and oxygen atoms in total. The first-order chi connectivity index (χ1) is 13.8. The van der Waals surface area contributed by atoms with Gasteiger partial charge in [0.25, 0.3) is 5.91 Å². The molecule has 1 saturated heterocycles. The Kier molecular flexibility index (Phi) is 4.10. The molecule has 5 heteroatoms. The summed E-state index contributed by atoms with van der Waals surface area (Å²) in [5.41, 5.74) is 2.63. The summed E-state index contributed by atoms with van der Waals surface area (Å²) in [4.78, 5) is 19.9. The topological polar surface area (TPSA) is 57.8 Å². The average molecular weight is 371 g/mol. The van der Waals surface area contributed by atoms with Gasteiger partial charge in [0.05, 0.1) is 29.9 Å². The van der Waals surface area contributed by atoms with Gasteiger partial charge in [-0.3, -0.25) is 9.20 Å². The monoisotopic (exact) mass is 371 g/mol. The third-order valence-electron chi connectivity index (χ3n) is 5.66. The van der Waals surface area contributed by atoms with E-state index in [4.69, 9.17) is 0 Å². The van der Waals surface area contributed by atoms with E-state index in [0.29, 0.717) is 12.1 Å². The van der Waals surface area contributed by atoms with Crippen LogP contribution in [0.25, 0.3) is 27.7 Å². The number of aliphatic hydroxyl groups is 1. The van der Waals surface area contributed by atoms with Crippen LogP contribution in [0.3, 0.4) is 0 Å². The Morgan fingerprint density at radius 1 is 1.07 bits per heavy atom. The van der Waals surface area contributed by atoms with Crippen LogP contribution in [-0.2, 0) is 0 Å². The molecule has 1 N–H and O–H groups in total. The van der Waals surface area contributed by atoms with E-state index in [1.807, 2.05) is 76.3 Å². The Hall–Kier alpha value is -3.18. The van der Waals surface area contributed by atoms with Crippen molar-refractivity contribution >= 4 is 22.2 Å². The van der Waals surface area contributed by atoms with Crippen molar-refractivity contribution in [1.82, 2.24) is 14.3 Å². The Morgan fingerprint density at radius 2 is 1.82 bits per heavy atom. The number of rotatable bonds is 3. The minimum atomic E-state index is -0.0988. The maximum atomic E-state index is 13.4. The molecule has 0 radical (unpaired) electrons. The van der Waals surface area contributed by atoms with Crippen molar-refractivity contribution in [2.24, 2.45) is 0 Å². The second kappa shape index (κ2) is 6.77. The second-order valence-corrected chi connectivity index (χ2v) is 7.27. The maximum Gasteiger partial charge on any atom is 0.256 e. The Morgan fingerprint density at radius 3 is 2.61 bits per heavy atom. The largest absolute Gasteiger partial charge is 0.394 e. The Balaban J connectivity index is 1.75. The highest BCUT2D eigenvalue weighted by molar-refractivity contribution is 6.11. The zero-order valence-corrected chi connectivity index (χ0v) is 15.5. The van der Waals surface area contributed by atoms with Gasteiger partial charge in [0.2, 0.25) is 0 Å². The normalized spacial score (nSPS) is 16.9. The number of nitrogens with zero attached hydrogens (tertiary/aromatic N) is 3. The molecule has 140 valence electrons. The molecule has 0 bridgehead atoms. The summed E-state index contributed by atoms with van der Waals surface area (Å²) in [5.74, 6) is 0.790. The minimum Gasteiger partial charge on any atom is -0.394 e. The van der Waals surface area contributed by atoms with Crippen molar-refractivity contribution in [3.63, 3.8) is 0 Å². The average Bonchev–Trinajstić information content (AvgIpc) is 3.40. The summed E-state index contributed by atoms with van der Waals surface area (Å²) < 4.78 is 2.01. The maximum absolute atomic E-state index is 13.4. The molecule has 1 fully saturated rings. The van der Waals surface area contributed by atoms with Crippen LogP contribution in [-0.4, -0.2) is 44.5 Å². The molecule has 2 aromatic carbocycles. The summed E-state index contributed by atoms with van der Waals surface area (Å²) in [7, 11) is 0. The molecule has 1 atom stereocenters. The van der Waals surface area contributed by atoms with Crippen molar-refractivity contribution in [3.05, 3.63) is 72.6 Å². The summed E-state index contributed by atoms with van der Waals surface area (Å²) in [6.45, 7) is 0.693. The molecule has 0 saturated carbocycles. The Bertz CT molecular complexity index is 1170. The number of amides is 1. The second-order valence-electron chi connectivity index (χ2n) is 7.27. The molecule has 3 heterocycles. The zero-order valence-electron chi connectivity index (χ0n) is 15.5. The van der Waals surface area contributed by atoms with Gasteiger partial charge in [0.1, 0.15) is 5.82 Å². The molecule has 1 amide bonds. The van der Waals surface area contributed by atoms with Crippen LogP contribution < -0.4 is 0 Å². The number of benzene rings is 2. The quantitative estimate of drug-likeness (QED) is 0.597. The number of imidazole rings is 1. The molecular weight excluding hydrogens is 350 g/mol. The van der Waals surface area contributed by atoms with Crippen LogP contribution in [0.15, 0.2) is 67.0 Å². The van der Waals surface area contributed by atoms with E-state index >= 15 is 0 Å². The number of likely N-dealkylation sites (tertiary alicyclic amines) is 1. The fourth-order valence-corrected chi connectivity index (χ4v) is 4.25. The number of carbonyl (C=O) groups excluding carboxylic acids is 1. The first kappa shape index (κ1) is 17.0. The lowest BCUT2D eigenvalue weighted by Gasteiger charge is -2.24. The number of hydrogen-bond donors (Lipinski definition) is 1. The van der Waals surface area contributed by atoms with Crippen LogP contribution in [0, 0.1) is 0 Å². The van der Waals surface area contributed by atoms with Gasteiger partial charge in [-0.15, -0.1) is 0 Å². The molecule has 0 spiro atoms. The SMILES string of the molecule is O=C(c1cn2c(-c3ccccc3)ncc2c2ccccc12)N1CCC[C@@H]1CO. The standard InChI is InChI=1S/C23H21N3O2/c27-15-17-9-6-12-25(17)23(28)20-14-26-21(19-11-5-4-10-18(19)20)13-24-22(26)16-7-2-1-3-8-16/h1-5,7-8,10-11,13-14,17,27H,6,9,12,15H2/t17-/m1/s1. The molecule has 2 aromatic heterocycles. The highest BCUT2D eigenvalue weighted by atomic mass is 16.3. The number of aliphatic hydroxyl groups excluding tert-OH is 1. The molecule has 5 rings (SSSR count). The molecule has 0 unspecified atom stereocenters. The number of fused-ring (bicyclic) bond motifs is 3. The Labute approximate surface area is 162 Å². The number of carbonyl (C=O) groups is 1. The van der Waals surface area contributed by atoms with E-state index in [-0.39, 0.29) is 18.6 Å². The highest BCUT2D eigenvalue weighted by Gasteiger charge is 2.30. The van der Waals surface area contributed by atoms with Crippen molar-refractivity contribution < 1.29 is 9.90 Å². The third-order valence-corrected chi connectivity index (χ3v) is 5.66. The lowest BCUT2D eigenvalue weighted by molar-refractivity contribution is 0.0679. The molecule has 28 heavy (non-hydrogen) atoms. The highest BCUT2D eigenvalue weighted by Crippen LogP contribution is 2.30. The summed E-state index contributed by atoms with van der Waals surface area (Å²) in [5, 5.41) is 11.6. The van der Waals surface area contributed by atoms with Crippen LogP contribution in [0.2, 0.25) is 0 Å². The number of hydrogen-bond acceptors (Lipinski definition) is 3. The molecule has 1 aliphatic heterocycles. The van der Waals surface area contributed by atoms with Gasteiger partial charge < -0.3 is 10.0 Å². The lowest BCUT2D eigenvalue weighted by atomic mass is 10.0. The van der Waals surface area contributed by atoms with Gasteiger partial charge in [-0.05, 0) is 18.2 Å². The molecule has 4 aromatic rings. The lowest BCUT2D eigenvalue weighted by Crippen LogP contribution is -2.37.